The Labute approximate surface area is 121 Å². The highest BCUT2D eigenvalue weighted by Gasteiger charge is 2.33. The Kier molecular flexibility index (Phi) is 4.12. The van der Waals surface area contributed by atoms with Gasteiger partial charge in [-0.3, -0.25) is 0 Å². The molecule has 0 saturated carbocycles. The number of aliphatic hydroxyl groups excluding tert-OH is 1. The van der Waals surface area contributed by atoms with Crippen molar-refractivity contribution in [2.75, 3.05) is 0 Å². The molecule has 3 atom stereocenters. The van der Waals surface area contributed by atoms with Crippen molar-refractivity contribution < 1.29 is 9.84 Å². The molecule has 2 nitrogen and oxygen atoms in total. The lowest BCUT2D eigenvalue weighted by Gasteiger charge is -2.32. The normalized spacial score (nSPS) is 35.7. The van der Waals surface area contributed by atoms with Crippen molar-refractivity contribution in [2.24, 2.45) is 0 Å². The van der Waals surface area contributed by atoms with Gasteiger partial charge in [-0.1, -0.05) is 23.2 Å². The van der Waals surface area contributed by atoms with E-state index in [4.69, 9.17) is 39.5 Å². The van der Waals surface area contributed by atoms with E-state index >= 15 is 0 Å². The third-order valence-electron chi connectivity index (χ3n) is 2.80. The first-order valence-corrected chi connectivity index (χ1v) is 6.68. The van der Waals surface area contributed by atoms with Crippen LogP contribution in [-0.4, -0.2) is 22.2 Å². The fourth-order valence-electron chi connectivity index (χ4n) is 1.83. The van der Waals surface area contributed by atoms with Crippen LogP contribution < -0.4 is 0 Å². The van der Waals surface area contributed by atoms with E-state index in [0.29, 0.717) is 22.2 Å². The van der Waals surface area contributed by atoms with Crippen LogP contribution in [0.5, 0.6) is 0 Å². The average Bonchev–Trinajstić information content (AvgIpc) is 2.24. The van der Waals surface area contributed by atoms with Crippen LogP contribution in [-0.2, 0) is 4.74 Å². The quantitative estimate of drug-likeness (QED) is 0.786. The Balaban J connectivity index is 2.13. The van der Waals surface area contributed by atoms with Crippen molar-refractivity contribution in [3.63, 3.8) is 0 Å². The van der Waals surface area contributed by atoms with Crippen LogP contribution in [0, 0.1) is 0 Å². The summed E-state index contributed by atoms with van der Waals surface area (Å²) in [6, 6.07) is 0. The Morgan fingerprint density at radius 3 is 2.72 bits per heavy atom. The Morgan fingerprint density at radius 2 is 2.11 bits per heavy atom. The molecule has 0 aromatic rings. The van der Waals surface area contributed by atoms with Crippen LogP contribution in [0.1, 0.15) is 13.3 Å². The van der Waals surface area contributed by atoms with Crippen molar-refractivity contribution in [2.45, 2.75) is 30.4 Å². The molecule has 5 heteroatoms. The molecule has 1 N–H and O–H groups in total. The largest absolute Gasteiger partial charge is 0.486 e. The van der Waals surface area contributed by atoms with Crippen LogP contribution in [0.4, 0.5) is 0 Å². The van der Waals surface area contributed by atoms with E-state index in [1.165, 1.54) is 6.08 Å². The molecule has 0 bridgehead atoms. The summed E-state index contributed by atoms with van der Waals surface area (Å²) in [6.45, 7) is 1.83. The van der Waals surface area contributed by atoms with Gasteiger partial charge in [-0.25, -0.2) is 0 Å². The van der Waals surface area contributed by atoms with E-state index in [1.54, 1.807) is 24.3 Å². The highest BCUT2D eigenvalue weighted by atomic mass is 35.5. The van der Waals surface area contributed by atoms with Gasteiger partial charge in [0, 0.05) is 16.5 Å². The molecule has 0 spiro atoms. The molecule has 0 saturated heterocycles. The second-order valence-corrected chi connectivity index (χ2v) is 6.26. The van der Waals surface area contributed by atoms with Gasteiger partial charge in [0.1, 0.15) is 22.8 Å². The van der Waals surface area contributed by atoms with Crippen LogP contribution >= 0.6 is 34.8 Å². The van der Waals surface area contributed by atoms with Gasteiger partial charge in [0.2, 0.25) is 0 Å². The number of ether oxygens (including phenoxy) is 1. The Bertz CT molecular complexity index is 461. The zero-order valence-electron chi connectivity index (χ0n) is 9.74. The van der Waals surface area contributed by atoms with Gasteiger partial charge in [-0.15, -0.1) is 11.6 Å². The summed E-state index contributed by atoms with van der Waals surface area (Å²) in [6.07, 6.45) is 7.66. The molecule has 2 aliphatic rings. The number of hydrogen-bond acceptors (Lipinski definition) is 2. The summed E-state index contributed by atoms with van der Waals surface area (Å²) in [5.41, 5.74) is 0. The maximum Gasteiger partial charge on any atom is 0.146 e. The highest BCUT2D eigenvalue weighted by Crippen LogP contribution is 2.38. The molecule has 0 aromatic carbocycles. The van der Waals surface area contributed by atoms with E-state index in [-0.39, 0.29) is 0 Å². The molecular formula is C13H13Cl3O2. The summed E-state index contributed by atoms with van der Waals surface area (Å²) in [4.78, 5) is -0.690. The van der Waals surface area contributed by atoms with Crippen molar-refractivity contribution in [3.8, 4) is 0 Å². The maximum atomic E-state index is 9.84. The number of hydrogen-bond donors (Lipinski definition) is 1. The molecule has 2 aliphatic carbocycles. The molecule has 0 radical (unpaired) electrons. The van der Waals surface area contributed by atoms with E-state index < -0.39 is 17.1 Å². The zero-order valence-corrected chi connectivity index (χ0v) is 12.0. The molecule has 98 valence electrons. The van der Waals surface area contributed by atoms with Gasteiger partial charge < -0.3 is 9.84 Å². The maximum absolute atomic E-state index is 9.84. The molecule has 0 fully saturated rings. The molecule has 18 heavy (non-hydrogen) atoms. The number of halogens is 3. The lowest BCUT2D eigenvalue weighted by Crippen LogP contribution is -2.32. The second-order valence-electron chi connectivity index (χ2n) is 4.50. The first-order chi connectivity index (χ1) is 8.38. The summed E-state index contributed by atoms with van der Waals surface area (Å²) in [5.74, 6) is 0.591. The third-order valence-corrected chi connectivity index (χ3v) is 3.64. The van der Waals surface area contributed by atoms with Crippen molar-refractivity contribution in [1.82, 2.24) is 0 Å². The van der Waals surface area contributed by atoms with E-state index in [1.807, 2.05) is 6.92 Å². The van der Waals surface area contributed by atoms with Crippen LogP contribution in [0.15, 0.2) is 46.2 Å². The smallest absolute Gasteiger partial charge is 0.146 e. The summed E-state index contributed by atoms with van der Waals surface area (Å²) >= 11 is 18.1. The van der Waals surface area contributed by atoms with Gasteiger partial charge >= 0.3 is 0 Å². The standard InChI is InChI=1S/C13H13Cl3O2/c1-13(16)7-9(15)3-5-12(13)18-11-4-2-8(14)6-10(11)17/h2-6,10-11,17H,7H2,1H3. The molecule has 0 aromatic heterocycles. The van der Waals surface area contributed by atoms with Crippen LogP contribution in [0.2, 0.25) is 0 Å². The minimum absolute atomic E-state index is 0.484. The first kappa shape index (κ1) is 14.0. The van der Waals surface area contributed by atoms with Crippen molar-refractivity contribution in [3.05, 3.63) is 46.2 Å². The van der Waals surface area contributed by atoms with Gasteiger partial charge in [-0.05, 0) is 37.3 Å². The predicted octanol–water partition coefficient (Wildman–Crippen LogP) is 3.83. The summed E-state index contributed by atoms with van der Waals surface area (Å²) < 4.78 is 5.74. The monoisotopic (exact) mass is 306 g/mol. The van der Waals surface area contributed by atoms with Gasteiger partial charge in [0.25, 0.3) is 0 Å². The van der Waals surface area contributed by atoms with Crippen LogP contribution in [0.25, 0.3) is 0 Å². The SMILES string of the molecule is CC1(Cl)CC(Cl)=CC=C1OC1C=CC(Cl)=CC1O. The van der Waals surface area contributed by atoms with Gasteiger partial charge in [-0.2, -0.15) is 0 Å². The minimum atomic E-state index is -0.780. The lowest BCUT2D eigenvalue weighted by atomic mass is 9.99. The molecule has 2 rings (SSSR count). The van der Waals surface area contributed by atoms with Gasteiger partial charge in [0.15, 0.2) is 0 Å². The number of aliphatic hydroxyl groups is 1. The third kappa shape index (κ3) is 3.12. The van der Waals surface area contributed by atoms with E-state index in [0.717, 1.165) is 0 Å². The molecule has 0 amide bonds. The second kappa shape index (κ2) is 5.30. The fraction of sp³-hybridized carbons (Fsp3) is 0.385. The minimum Gasteiger partial charge on any atom is -0.486 e. The first-order valence-electron chi connectivity index (χ1n) is 5.54. The molecule has 0 aliphatic heterocycles. The average molecular weight is 308 g/mol. The molecular weight excluding hydrogens is 295 g/mol. The molecule has 0 heterocycles. The van der Waals surface area contributed by atoms with Gasteiger partial charge in [0.05, 0.1) is 0 Å². The van der Waals surface area contributed by atoms with Crippen molar-refractivity contribution >= 4 is 34.8 Å². The topological polar surface area (TPSA) is 29.5 Å². The summed E-state index contributed by atoms with van der Waals surface area (Å²) in [5, 5.41) is 11.0. The highest BCUT2D eigenvalue weighted by molar-refractivity contribution is 6.32. The van der Waals surface area contributed by atoms with E-state index in [9.17, 15) is 5.11 Å². The zero-order chi connectivity index (χ0) is 13.3. The Morgan fingerprint density at radius 1 is 1.39 bits per heavy atom. The fourth-order valence-corrected chi connectivity index (χ4v) is 2.69. The number of alkyl halides is 1. The molecule has 3 unspecified atom stereocenters. The lowest BCUT2D eigenvalue weighted by molar-refractivity contribution is 0.0408. The predicted molar refractivity (Wildman–Crippen MR) is 74.8 cm³/mol. The Hall–Kier alpha value is -0.410. The van der Waals surface area contributed by atoms with E-state index in [2.05, 4.69) is 0 Å². The number of rotatable bonds is 2. The van der Waals surface area contributed by atoms with Crippen molar-refractivity contribution in [1.29, 1.82) is 0 Å². The van der Waals surface area contributed by atoms with Crippen LogP contribution in [0.3, 0.4) is 0 Å². The summed E-state index contributed by atoms with van der Waals surface area (Å²) in [7, 11) is 0. The number of allylic oxidation sites excluding steroid dienone is 6.